The zero-order valence-electron chi connectivity index (χ0n) is 4.91. The van der Waals surface area contributed by atoms with Gasteiger partial charge in [-0.15, -0.1) is 0 Å². The second-order valence-electron chi connectivity index (χ2n) is 1.58. The fourth-order valence-electron chi connectivity index (χ4n) is 0.453. The smallest absolute Gasteiger partial charge is 0.219 e. The number of hydrogen-bond acceptors (Lipinski definition) is 3. The third kappa shape index (κ3) is 1.25. The minimum Gasteiger partial charge on any atom is -0.368 e. The van der Waals surface area contributed by atoms with Crippen LogP contribution in [0.2, 0.25) is 0 Å². The minimum absolute atomic E-state index is 0.292. The number of nitrogen functional groups attached to an aromatic ring is 1. The van der Waals surface area contributed by atoms with E-state index in [1.807, 2.05) is 0 Å². The SMILES string of the molecule is C=Cc1cnc(N)nc1. The van der Waals surface area contributed by atoms with Crippen molar-refractivity contribution in [1.29, 1.82) is 0 Å². The van der Waals surface area contributed by atoms with Gasteiger partial charge in [-0.3, -0.25) is 0 Å². The summed E-state index contributed by atoms with van der Waals surface area (Å²) in [6.45, 7) is 3.54. The van der Waals surface area contributed by atoms with E-state index < -0.39 is 0 Å². The molecular weight excluding hydrogens is 114 g/mol. The molecule has 1 aromatic heterocycles. The number of hydrogen-bond donors (Lipinski definition) is 1. The lowest BCUT2D eigenvalue weighted by Crippen LogP contribution is -1.92. The van der Waals surface area contributed by atoms with E-state index in [2.05, 4.69) is 16.5 Å². The molecule has 0 bridgehead atoms. The molecular formula is C6H7N3. The van der Waals surface area contributed by atoms with E-state index in [1.165, 1.54) is 0 Å². The van der Waals surface area contributed by atoms with E-state index in [0.29, 0.717) is 5.95 Å². The van der Waals surface area contributed by atoms with Crippen molar-refractivity contribution in [3.8, 4) is 0 Å². The van der Waals surface area contributed by atoms with Gasteiger partial charge in [-0.1, -0.05) is 12.7 Å². The molecule has 1 rings (SSSR count). The van der Waals surface area contributed by atoms with Crippen LogP contribution in [0.5, 0.6) is 0 Å². The van der Waals surface area contributed by atoms with Crippen molar-refractivity contribution in [2.75, 3.05) is 5.73 Å². The molecule has 3 heteroatoms. The van der Waals surface area contributed by atoms with Crippen molar-refractivity contribution >= 4 is 12.0 Å². The van der Waals surface area contributed by atoms with Gasteiger partial charge in [0.15, 0.2) is 0 Å². The Labute approximate surface area is 53.3 Å². The predicted octanol–water partition coefficient (Wildman–Crippen LogP) is 0.702. The van der Waals surface area contributed by atoms with Crippen molar-refractivity contribution in [1.82, 2.24) is 9.97 Å². The molecule has 0 fully saturated rings. The van der Waals surface area contributed by atoms with Crippen molar-refractivity contribution in [2.24, 2.45) is 0 Å². The highest BCUT2D eigenvalue weighted by molar-refractivity contribution is 5.44. The molecule has 0 aliphatic carbocycles. The highest BCUT2D eigenvalue weighted by Gasteiger charge is 1.85. The summed E-state index contributed by atoms with van der Waals surface area (Å²) in [5.74, 6) is 0.292. The maximum absolute atomic E-state index is 5.22. The van der Waals surface area contributed by atoms with Gasteiger partial charge in [-0.2, -0.15) is 0 Å². The van der Waals surface area contributed by atoms with Crippen molar-refractivity contribution < 1.29 is 0 Å². The Bertz CT molecular complexity index is 202. The largest absolute Gasteiger partial charge is 0.368 e. The van der Waals surface area contributed by atoms with E-state index in [4.69, 9.17) is 5.73 Å². The predicted molar refractivity (Wildman–Crippen MR) is 36.5 cm³/mol. The van der Waals surface area contributed by atoms with Gasteiger partial charge in [0.05, 0.1) is 0 Å². The molecule has 0 aromatic carbocycles. The lowest BCUT2D eigenvalue weighted by molar-refractivity contribution is 1.18. The van der Waals surface area contributed by atoms with E-state index in [-0.39, 0.29) is 0 Å². The van der Waals surface area contributed by atoms with E-state index in [9.17, 15) is 0 Å². The molecule has 0 saturated carbocycles. The lowest BCUT2D eigenvalue weighted by atomic mass is 10.3. The monoisotopic (exact) mass is 121 g/mol. The Morgan fingerprint density at radius 2 is 2.00 bits per heavy atom. The van der Waals surface area contributed by atoms with Gasteiger partial charge in [0.1, 0.15) is 0 Å². The summed E-state index contributed by atoms with van der Waals surface area (Å²) >= 11 is 0. The number of rotatable bonds is 1. The first-order chi connectivity index (χ1) is 4.33. The highest BCUT2D eigenvalue weighted by Crippen LogP contribution is 1.96. The summed E-state index contributed by atoms with van der Waals surface area (Å²) in [6.07, 6.45) is 4.91. The molecule has 0 radical (unpaired) electrons. The van der Waals surface area contributed by atoms with Gasteiger partial charge in [0.25, 0.3) is 0 Å². The molecule has 9 heavy (non-hydrogen) atoms. The standard InChI is InChI=1S/C6H7N3/c1-2-5-3-8-6(7)9-4-5/h2-4H,1H2,(H2,7,8,9). The first kappa shape index (κ1) is 5.75. The summed E-state index contributed by atoms with van der Waals surface area (Å²) in [6, 6.07) is 0. The van der Waals surface area contributed by atoms with Crippen LogP contribution in [0.4, 0.5) is 5.95 Å². The number of nitrogens with two attached hydrogens (primary N) is 1. The van der Waals surface area contributed by atoms with Crippen LogP contribution in [0.3, 0.4) is 0 Å². The quantitative estimate of drug-likeness (QED) is 0.595. The first-order valence-corrected chi connectivity index (χ1v) is 2.53. The summed E-state index contributed by atoms with van der Waals surface area (Å²) < 4.78 is 0. The molecule has 0 aliphatic heterocycles. The van der Waals surface area contributed by atoms with E-state index >= 15 is 0 Å². The van der Waals surface area contributed by atoms with Crippen LogP contribution >= 0.6 is 0 Å². The zero-order chi connectivity index (χ0) is 6.69. The fourth-order valence-corrected chi connectivity index (χ4v) is 0.453. The van der Waals surface area contributed by atoms with Gasteiger partial charge in [0.2, 0.25) is 5.95 Å². The first-order valence-electron chi connectivity index (χ1n) is 2.53. The average Bonchev–Trinajstić information content (AvgIpc) is 1.90. The topological polar surface area (TPSA) is 51.8 Å². The summed E-state index contributed by atoms with van der Waals surface area (Å²) in [5, 5.41) is 0. The van der Waals surface area contributed by atoms with Crippen LogP contribution in [-0.4, -0.2) is 9.97 Å². The minimum atomic E-state index is 0.292. The van der Waals surface area contributed by atoms with Crippen LogP contribution in [-0.2, 0) is 0 Å². The van der Waals surface area contributed by atoms with Crippen molar-refractivity contribution in [3.05, 3.63) is 24.5 Å². The molecule has 2 N–H and O–H groups in total. The Kier molecular flexibility index (Phi) is 1.44. The van der Waals surface area contributed by atoms with Gasteiger partial charge in [-0.05, 0) is 0 Å². The van der Waals surface area contributed by atoms with Gasteiger partial charge >= 0.3 is 0 Å². The van der Waals surface area contributed by atoms with Crippen LogP contribution < -0.4 is 5.73 Å². The normalized spacial score (nSPS) is 8.89. The average molecular weight is 121 g/mol. The summed E-state index contributed by atoms with van der Waals surface area (Å²) in [5.41, 5.74) is 6.10. The maximum Gasteiger partial charge on any atom is 0.219 e. The molecule has 1 aromatic rings. The number of anilines is 1. The van der Waals surface area contributed by atoms with Crippen LogP contribution in [0, 0.1) is 0 Å². The van der Waals surface area contributed by atoms with E-state index in [0.717, 1.165) is 5.56 Å². The lowest BCUT2D eigenvalue weighted by Gasteiger charge is -1.89. The van der Waals surface area contributed by atoms with Gasteiger partial charge in [-0.25, -0.2) is 9.97 Å². The number of nitrogens with zero attached hydrogens (tertiary/aromatic N) is 2. The van der Waals surface area contributed by atoms with Gasteiger partial charge in [0, 0.05) is 18.0 Å². The molecule has 0 aliphatic rings. The second-order valence-corrected chi connectivity index (χ2v) is 1.58. The molecule has 1 heterocycles. The zero-order valence-corrected chi connectivity index (χ0v) is 4.91. The van der Waals surface area contributed by atoms with E-state index in [1.54, 1.807) is 18.5 Å². The summed E-state index contributed by atoms with van der Waals surface area (Å²) in [7, 11) is 0. The molecule has 0 unspecified atom stereocenters. The molecule has 3 nitrogen and oxygen atoms in total. The van der Waals surface area contributed by atoms with Crippen LogP contribution in [0.1, 0.15) is 5.56 Å². The summed E-state index contributed by atoms with van der Waals surface area (Å²) in [4.78, 5) is 7.49. The molecule has 0 spiro atoms. The molecule has 46 valence electrons. The van der Waals surface area contributed by atoms with Gasteiger partial charge < -0.3 is 5.73 Å². The Balaban J connectivity index is 3.01. The van der Waals surface area contributed by atoms with Crippen molar-refractivity contribution in [2.45, 2.75) is 0 Å². The number of aromatic nitrogens is 2. The second kappa shape index (κ2) is 2.26. The highest BCUT2D eigenvalue weighted by atomic mass is 15.0. The molecule has 0 amide bonds. The van der Waals surface area contributed by atoms with Crippen LogP contribution in [0.25, 0.3) is 6.08 Å². The van der Waals surface area contributed by atoms with Crippen LogP contribution in [0.15, 0.2) is 19.0 Å². The Hall–Kier alpha value is -1.38. The Morgan fingerprint density at radius 3 is 2.44 bits per heavy atom. The Morgan fingerprint density at radius 1 is 1.44 bits per heavy atom. The third-order valence-corrected chi connectivity index (χ3v) is 0.927. The third-order valence-electron chi connectivity index (χ3n) is 0.927. The molecule has 0 saturated heterocycles. The molecule has 0 atom stereocenters. The van der Waals surface area contributed by atoms with Crippen molar-refractivity contribution in [3.63, 3.8) is 0 Å². The fraction of sp³-hybridized carbons (Fsp3) is 0. The maximum atomic E-state index is 5.22.